The second kappa shape index (κ2) is 6.29. The highest BCUT2D eigenvalue weighted by Crippen LogP contribution is 2.19. The van der Waals surface area contributed by atoms with Crippen molar-refractivity contribution in [1.29, 1.82) is 0 Å². The van der Waals surface area contributed by atoms with Crippen molar-refractivity contribution in [1.82, 2.24) is 15.5 Å². The molecule has 7 heteroatoms. The van der Waals surface area contributed by atoms with Crippen molar-refractivity contribution in [3.05, 3.63) is 5.89 Å². The minimum absolute atomic E-state index is 0.179. The van der Waals surface area contributed by atoms with Crippen molar-refractivity contribution >= 4 is 16.8 Å². The molecule has 1 aliphatic rings. The Balaban J connectivity index is 1.72. The molecule has 1 heterocycles. The van der Waals surface area contributed by atoms with Gasteiger partial charge in [0.15, 0.2) is 0 Å². The first kappa shape index (κ1) is 13.5. The number of nitrogens with zero attached hydrogens (tertiary/aromatic N) is 2. The number of aromatic nitrogens is 2. The van der Waals surface area contributed by atoms with Gasteiger partial charge in [-0.2, -0.15) is 0 Å². The van der Waals surface area contributed by atoms with Crippen molar-refractivity contribution < 1.29 is 8.63 Å². The van der Waals surface area contributed by atoms with Crippen LogP contribution in [0, 0.1) is 0 Å². The van der Waals surface area contributed by atoms with Gasteiger partial charge >= 0.3 is 6.01 Å². The molecule has 6 nitrogen and oxygen atoms in total. The van der Waals surface area contributed by atoms with Gasteiger partial charge in [0, 0.05) is 34.9 Å². The maximum Gasteiger partial charge on any atom is 0.315 e. The van der Waals surface area contributed by atoms with Crippen molar-refractivity contribution in [2.45, 2.75) is 44.8 Å². The summed E-state index contributed by atoms with van der Waals surface area (Å²) in [6.45, 7) is 2.64. The van der Waals surface area contributed by atoms with Crippen molar-refractivity contribution in [2.75, 3.05) is 17.3 Å². The second-order valence-electron chi connectivity index (χ2n) is 4.77. The van der Waals surface area contributed by atoms with E-state index in [9.17, 15) is 4.21 Å². The zero-order chi connectivity index (χ0) is 13.0. The first-order valence-electron chi connectivity index (χ1n) is 6.26. The van der Waals surface area contributed by atoms with Gasteiger partial charge in [0.25, 0.3) is 0 Å². The van der Waals surface area contributed by atoms with Gasteiger partial charge in [0.05, 0.1) is 6.54 Å². The minimum atomic E-state index is -0.757. The van der Waals surface area contributed by atoms with E-state index in [1.165, 1.54) is 12.8 Å². The number of nitrogens with one attached hydrogen (secondary N) is 2. The molecule has 0 spiro atoms. The van der Waals surface area contributed by atoms with Gasteiger partial charge in [-0.15, -0.1) is 5.10 Å². The molecule has 18 heavy (non-hydrogen) atoms. The molecule has 0 bridgehead atoms. The molecule has 2 unspecified atom stereocenters. The molecule has 1 aliphatic carbocycles. The summed E-state index contributed by atoms with van der Waals surface area (Å²) >= 11 is 0. The quantitative estimate of drug-likeness (QED) is 0.731. The lowest BCUT2D eigenvalue weighted by molar-refractivity contribution is 0.472. The fourth-order valence-electron chi connectivity index (χ4n) is 1.53. The highest BCUT2D eigenvalue weighted by Gasteiger charge is 2.21. The van der Waals surface area contributed by atoms with E-state index in [2.05, 4.69) is 20.8 Å². The molecule has 1 fully saturated rings. The summed E-state index contributed by atoms with van der Waals surface area (Å²) in [7, 11) is -0.757. The van der Waals surface area contributed by atoms with Crippen LogP contribution in [0.25, 0.3) is 0 Å². The van der Waals surface area contributed by atoms with E-state index in [1.807, 2.05) is 6.92 Å². The van der Waals surface area contributed by atoms with Crippen LogP contribution in [0.2, 0.25) is 0 Å². The van der Waals surface area contributed by atoms with E-state index >= 15 is 0 Å². The van der Waals surface area contributed by atoms with Gasteiger partial charge in [-0.1, -0.05) is 5.10 Å². The van der Waals surface area contributed by atoms with Crippen LogP contribution in [-0.2, 0) is 17.3 Å². The Bertz CT molecular complexity index is 406. The molecular weight excluding hydrogens is 252 g/mol. The average Bonchev–Trinajstić information content (AvgIpc) is 3.05. The van der Waals surface area contributed by atoms with E-state index in [1.54, 1.807) is 6.26 Å². The molecule has 2 atom stereocenters. The van der Waals surface area contributed by atoms with Crippen molar-refractivity contribution in [3.63, 3.8) is 0 Å². The number of hydrogen-bond acceptors (Lipinski definition) is 6. The van der Waals surface area contributed by atoms with Crippen LogP contribution in [0.1, 0.15) is 32.1 Å². The Morgan fingerprint density at radius 2 is 2.28 bits per heavy atom. The summed E-state index contributed by atoms with van der Waals surface area (Å²) in [5, 5.41) is 14.3. The van der Waals surface area contributed by atoms with Crippen LogP contribution in [0.15, 0.2) is 4.42 Å². The summed E-state index contributed by atoms with van der Waals surface area (Å²) in [5.41, 5.74) is 0. The Hall–Kier alpha value is -0.950. The molecule has 2 rings (SSSR count). The third-order valence-electron chi connectivity index (χ3n) is 2.79. The fraction of sp³-hybridized carbons (Fsp3) is 0.818. The SMILES string of the molecule is CC(CCS(C)=O)Nc1nnc(CNC2CC2)o1. The second-order valence-corrected chi connectivity index (χ2v) is 6.32. The minimum Gasteiger partial charge on any atom is -0.407 e. The molecule has 102 valence electrons. The summed E-state index contributed by atoms with van der Waals surface area (Å²) in [4.78, 5) is 0. The Labute approximate surface area is 109 Å². The molecule has 0 aliphatic heterocycles. The Morgan fingerprint density at radius 3 is 2.94 bits per heavy atom. The van der Waals surface area contributed by atoms with Gasteiger partial charge in [0.2, 0.25) is 5.89 Å². The largest absolute Gasteiger partial charge is 0.407 e. The molecule has 0 amide bonds. The van der Waals surface area contributed by atoms with Gasteiger partial charge in [-0.05, 0) is 26.2 Å². The smallest absolute Gasteiger partial charge is 0.315 e. The zero-order valence-corrected chi connectivity index (χ0v) is 11.6. The summed E-state index contributed by atoms with van der Waals surface area (Å²) < 4.78 is 16.5. The van der Waals surface area contributed by atoms with Crippen molar-refractivity contribution in [2.24, 2.45) is 0 Å². The van der Waals surface area contributed by atoms with E-state index < -0.39 is 10.8 Å². The predicted octanol–water partition coefficient (Wildman–Crippen LogP) is 0.891. The highest BCUT2D eigenvalue weighted by molar-refractivity contribution is 7.84. The van der Waals surface area contributed by atoms with Crippen LogP contribution in [0.4, 0.5) is 6.01 Å². The number of hydrogen-bond donors (Lipinski definition) is 2. The molecule has 0 radical (unpaired) electrons. The molecule has 0 saturated heterocycles. The molecule has 2 N–H and O–H groups in total. The van der Waals surface area contributed by atoms with Gasteiger partial charge in [-0.3, -0.25) is 4.21 Å². The van der Waals surface area contributed by atoms with Crippen LogP contribution >= 0.6 is 0 Å². The van der Waals surface area contributed by atoms with Gasteiger partial charge in [0.1, 0.15) is 0 Å². The predicted molar refractivity (Wildman–Crippen MR) is 70.8 cm³/mol. The molecule has 0 aromatic carbocycles. The average molecular weight is 272 g/mol. The standard InChI is InChI=1S/C11H20N4O2S/c1-8(5-6-18(2)16)13-11-15-14-10(17-11)7-12-9-3-4-9/h8-9,12H,3-7H2,1-2H3,(H,13,15). The van der Waals surface area contributed by atoms with Crippen LogP contribution in [-0.4, -0.2) is 38.5 Å². The lowest BCUT2D eigenvalue weighted by Crippen LogP contribution is -2.18. The van der Waals surface area contributed by atoms with Crippen molar-refractivity contribution in [3.8, 4) is 0 Å². The molecule has 1 aromatic rings. The Kier molecular flexibility index (Phi) is 4.71. The van der Waals surface area contributed by atoms with E-state index in [-0.39, 0.29) is 6.04 Å². The molecular formula is C11H20N4O2S. The third kappa shape index (κ3) is 4.73. The lowest BCUT2D eigenvalue weighted by atomic mass is 10.3. The topological polar surface area (TPSA) is 80.0 Å². The normalized spacial score (nSPS) is 18.6. The molecule has 1 aromatic heterocycles. The zero-order valence-electron chi connectivity index (χ0n) is 10.8. The third-order valence-corrected chi connectivity index (χ3v) is 3.60. The number of anilines is 1. The maximum atomic E-state index is 11.0. The van der Waals surface area contributed by atoms with E-state index in [4.69, 9.17) is 4.42 Å². The van der Waals surface area contributed by atoms with Crippen LogP contribution in [0.5, 0.6) is 0 Å². The highest BCUT2D eigenvalue weighted by atomic mass is 32.2. The number of rotatable bonds is 8. The summed E-state index contributed by atoms with van der Waals surface area (Å²) in [6.07, 6.45) is 5.01. The van der Waals surface area contributed by atoms with Crippen LogP contribution < -0.4 is 10.6 Å². The Morgan fingerprint density at radius 1 is 1.50 bits per heavy atom. The van der Waals surface area contributed by atoms with Gasteiger partial charge in [-0.25, -0.2) is 0 Å². The maximum absolute atomic E-state index is 11.0. The first-order valence-corrected chi connectivity index (χ1v) is 7.98. The lowest BCUT2D eigenvalue weighted by Gasteiger charge is -2.09. The van der Waals surface area contributed by atoms with Crippen LogP contribution in [0.3, 0.4) is 0 Å². The van der Waals surface area contributed by atoms with E-state index in [0.717, 1.165) is 6.42 Å². The summed E-state index contributed by atoms with van der Waals surface area (Å²) in [5.74, 6) is 1.29. The molecule has 1 saturated carbocycles. The fourth-order valence-corrected chi connectivity index (χ4v) is 2.21. The monoisotopic (exact) mass is 272 g/mol. The van der Waals surface area contributed by atoms with E-state index in [0.29, 0.717) is 30.2 Å². The first-order chi connectivity index (χ1) is 8.63. The van der Waals surface area contributed by atoms with Gasteiger partial charge < -0.3 is 15.1 Å². The summed E-state index contributed by atoms with van der Waals surface area (Å²) in [6, 6.07) is 1.25.